The second-order valence-corrected chi connectivity index (χ2v) is 6.28. The van der Waals surface area contributed by atoms with Gasteiger partial charge < -0.3 is 10.1 Å². The molecule has 1 aliphatic heterocycles. The number of likely N-dealkylation sites (tertiary alicyclic amines) is 1. The van der Waals surface area contributed by atoms with Gasteiger partial charge in [0, 0.05) is 19.1 Å². The minimum absolute atomic E-state index is 0. The third kappa shape index (κ3) is 5.52. The highest BCUT2D eigenvalue weighted by atomic mass is 35.5. The molecule has 3 rings (SSSR count). The van der Waals surface area contributed by atoms with Gasteiger partial charge >= 0.3 is 0 Å². The fourth-order valence-electron chi connectivity index (χ4n) is 3.12. The number of likely N-dealkylation sites (N-methyl/N-ethyl adjacent to an activating group) is 1. The van der Waals surface area contributed by atoms with Crippen LogP contribution in [0.3, 0.4) is 0 Å². The highest BCUT2D eigenvalue weighted by Crippen LogP contribution is 2.17. The predicted octanol–water partition coefficient (Wildman–Crippen LogP) is 3.87. The van der Waals surface area contributed by atoms with Gasteiger partial charge in [0.1, 0.15) is 12.4 Å². The van der Waals surface area contributed by atoms with E-state index in [0.717, 1.165) is 18.8 Å². The molecule has 1 atom stereocenters. The summed E-state index contributed by atoms with van der Waals surface area (Å²) in [5, 5.41) is 3.40. The molecule has 1 aliphatic rings. The van der Waals surface area contributed by atoms with Crippen molar-refractivity contribution in [2.45, 2.75) is 32.0 Å². The van der Waals surface area contributed by atoms with E-state index in [9.17, 15) is 0 Å². The van der Waals surface area contributed by atoms with Crippen molar-refractivity contribution in [3.8, 4) is 5.75 Å². The molecule has 0 aliphatic carbocycles. The van der Waals surface area contributed by atoms with Gasteiger partial charge in [0.2, 0.25) is 0 Å². The molecule has 3 nitrogen and oxygen atoms in total. The zero-order valence-corrected chi connectivity index (χ0v) is 15.1. The lowest BCUT2D eigenvalue weighted by Gasteiger charge is -2.32. The van der Waals surface area contributed by atoms with Crippen LogP contribution in [0.15, 0.2) is 54.6 Å². The molecular formula is C20H27ClN2O. The SMILES string of the molecule is CNC1CCCN(Cc2ccc(OCc3ccccc3)cc2)C1.Cl. The Morgan fingerprint density at radius 1 is 1.04 bits per heavy atom. The van der Waals surface area contributed by atoms with Gasteiger partial charge in [-0.3, -0.25) is 4.90 Å². The number of halogens is 1. The van der Waals surface area contributed by atoms with E-state index in [1.54, 1.807) is 0 Å². The van der Waals surface area contributed by atoms with Gasteiger partial charge in [-0.1, -0.05) is 42.5 Å². The lowest BCUT2D eigenvalue weighted by Crippen LogP contribution is -2.43. The molecule has 2 aromatic carbocycles. The van der Waals surface area contributed by atoms with Gasteiger partial charge in [0.05, 0.1) is 0 Å². The van der Waals surface area contributed by atoms with Crippen LogP contribution in [0, 0.1) is 0 Å². The summed E-state index contributed by atoms with van der Waals surface area (Å²) in [5.41, 5.74) is 2.55. The van der Waals surface area contributed by atoms with Crippen molar-refractivity contribution in [3.05, 3.63) is 65.7 Å². The maximum absolute atomic E-state index is 5.85. The maximum Gasteiger partial charge on any atom is 0.119 e. The Labute approximate surface area is 151 Å². The van der Waals surface area contributed by atoms with E-state index in [2.05, 4.69) is 53.7 Å². The number of nitrogens with zero attached hydrogens (tertiary/aromatic N) is 1. The summed E-state index contributed by atoms with van der Waals surface area (Å²) in [4.78, 5) is 2.53. The fourth-order valence-corrected chi connectivity index (χ4v) is 3.12. The third-order valence-corrected chi connectivity index (χ3v) is 4.49. The first-order valence-electron chi connectivity index (χ1n) is 8.49. The van der Waals surface area contributed by atoms with Crippen molar-refractivity contribution >= 4 is 12.4 Å². The van der Waals surface area contributed by atoms with Gasteiger partial charge in [-0.05, 0) is 49.7 Å². The van der Waals surface area contributed by atoms with Gasteiger partial charge in [-0.2, -0.15) is 0 Å². The van der Waals surface area contributed by atoms with E-state index in [4.69, 9.17) is 4.74 Å². The molecule has 2 aromatic rings. The minimum atomic E-state index is 0. The summed E-state index contributed by atoms with van der Waals surface area (Å²) < 4.78 is 5.85. The van der Waals surface area contributed by atoms with Crippen molar-refractivity contribution < 1.29 is 4.74 Å². The molecule has 0 bridgehead atoms. The Morgan fingerprint density at radius 3 is 2.50 bits per heavy atom. The number of rotatable bonds is 6. The molecule has 1 fully saturated rings. The summed E-state index contributed by atoms with van der Waals surface area (Å²) in [6, 6.07) is 19.4. The summed E-state index contributed by atoms with van der Waals surface area (Å²) >= 11 is 0. The van der Waals surface area contributed by atoms with E-state index >= 15 is 0 Å². The number of ether oxygens (including phenoxy) is 1. The summed E-state index contributed by atoms with van der Waals surface area (Å²) in [5.74, 6) is 0.935. The van der Waals surface area contributed by atoms with Crippen molar-refractivity contribution in [1.29, 1.82) is 0 Å². The van der Waals surface area contributed by atoms with Crippen LogP contribution in [0.4, 0.5) is 0 Å². The van der Waals surface area contributed by atoms with E-state index in [0.29, 0.717) is 12.6 Å². The molecule has 0 radical (unpaired) electrons. The number of hydrogen-bond acceptors (Lipinski definition) is 3. The second-order valence-electron chi connectivity index (χ2n) is 6.28. The maximum atomic E-state index is 5.85. The van der Waals surface area contributed by atoms with Gasteiger partial charge in [-0.25, -0.2) is 0 Å². The van der Waals surface area contributed by atoms with Crippen LogP contribution in [-0.2, 0) is 13.2 Å². The molecule has 1 unspecified atom stereocenters. The molecule has 0 amide bonds. The fraction of sp³-hybridized carbons (Fsp3) is 0.400. The molecule has 4 heteroatoms. The van der Waals surface area contributed by atoms with E-state index in [-0.39, 0.29) is 12.4 Å². The van der Waals surface area contributed by atoms with Crippen LogP contribution in [0.25, 0.3) is 0 Å². The average Bonchev–Trinajstić information content (AvgIpc) is 2.62. The zero-order chi connectivity index (χ0) is 15.9. The predicted molar refractivity (Wildman–Crippen MR) is 102 cm³/mol. The third-order valence-electron chi connectivity index (χ3n) is 4.49. The van der Waals surface area contributed by atoms with E-state index < -0.39 is 0 Å². The normalized spacial score (nSPS) is 18.0. The van der Waals surface area contributed by atoms with Crippen LogP contribution >= 0.6 is 12.4 Å². The quantitative estimate of drug-likeness (QED) is 0.859. The molecule has 1 N–H and O–H groups in total. The Morgan fingerprint density at radius 2 is 1.79 bits per heavy atom. The Bertz CT molecular complexity index is 588. The van der Waals surface area contributed by atoms with Gasteiger partial charge in [0.25, 0.3) is 0 Å². The lowest BCUT2D eigenvalue weighted by atomic mass is 10.1. The Kier molecular flexibility index (Phi) is 7.57. The van der Waals surface area contributed by atoms with E-state index in [1.165, 1.54) is 30.5 Å². The number of nitrogens with one attached hydrogen (secondary N) is 1. The summed E-state index contributed by atoms with van der Waals surface area (Å²) in [7, 11) is 2.06. The zero-order valence-electron chi connectivity index (χ0n) is 14.3. The smallest absolute Gasteiger partial charge is 0.119 e. The average molecular weight is 347 g/mol. The molecular weight excluding hydrogens is 320 g/mol. The molecule has 24 heavy (non-hydrogen) atoms. The summed E-state index contributed by atoms with van der Waals surface area (Å²) in [6.45, 7) is 3.99. The number of piperidine rings is 1. The van der Waals surface area contributed by atoms with Crippen LogP contribution in [-0.4, -0.2) is 31.1 Å². The Hall–Kier alpha value is -1.55. The minimum Gasteiger partial charge on any atom is -0.489 e. The first-order valence-corrected chi connectivity index (χ1v) is 8.49. The van der Waals surface area contributed by atoms with Gasteiger partial charge in [-0.15, -0.1) is 12.4 Å². The van der Waals surface area contributed by atoms with Crippen LogP contribution in [0.5, 0.6) is 5.75 Å². The topological polar surface area (TPSA) is 24.5 Å². The Balaban J connectivity index is 0.00000208. The van der Waals surface area contributed by atoms with Crippen molar-refractivity contribution in [3.63, 3.8) is 0 Å². The second kappa shape index (κ2) is 9.67. The van der Waals surface area contributed by atoms with Crippen molar-refractivity contribution in [2.75, 3.05) is 20.1 Å². The molecule has 1 saturated heterocycles. The van der Waals surface area contributed by atoms with Crippen LogP contribution < -0.4 is 10.1 Å². The largest absolute Gasteiger partial charge is 0.489 e. The molecule has 1 heterocycles. The summed E-state index contributed by atoms with van der Waals surface area (Å²) in [6.07, 6.45) is 2.57. The molecule has 130 valence electrons. The first-order chi connectivity index (χ1) is 11.3. The highest BCUT2D eigenvalue weighted by Gasteiger charge is 2.18. The first kappa shape index (κ1) is 18.8. The monoisotopic (exact) mass is 346 g/mol. The van der Waals surface area contributed by atoms with Gasteiger partial charge in [0.15, 0.2) is 0 Å². The molecule has 0 aromatic heterocycles. The number of hydrogen-bond donors (Lipinski definition) is 1. The lowest BCUT2D eigenvalue weighted by molar-refractivity contribution is 0.188. The van der Waals surface area contributed by atoms with Crippen molar-refractivity contribution in [2.24, 2.45) is 0 Å². The molecule has 0 spiro atoms. The standard InChI is InChI=1S/C20H26N2O.ClH/c1-21-19-8-5-13-22(15-19)14-17-9-11-20(12-10-17)23-16-18-6-3-2-4-7-18;/h2-4,6-7,9-12,19,21H,5,8,13-16H2,1H3;1H. The van der Waals surface area contributed by atoms with Crippen molar-refractivity contribution in [1.82, 2.24) is 10.2 Å². The highest BCUT2D eigenvalue weighted by molar-refractivity contribution is 5.85. The number of benzene rings is 2. The molecule has 0 saturated carbocycles. The van der Waals surface area contributed by atoms with Crippen LogP contribution in [0.2, 0.25) is 0 Å². The van der Waals surface area contributed by atoms with E-state index in [1.807, 2.05) is 18.2 Å². The van der Waals surface area contributed by atoms with Crippen LogP contribution in [0.1, 0.15) is 24.0 Å².